The highest BCUT2D eigenvalue weighted by atomic mass is 14.8. The van der Waals surface area contributed by atoms with Crippen molar-refractivity contribution in [2.24, 2.45) is 0 Å². The fraction of sp³-hybridized carbons (Fsp3) is 0. The summed E-state index contributed by atoms with van der Waals surface area (Å²) in [5.41, 5.74) is 4.70. The lowest BCUT2D eigenvalue weighted by Gasteiger charge is -2.02. The van der Waals surface area contributed by atoms with Crippen molar-refractivity contribution in [2.45, 2.75) is 0 Å². The average Bonchev–Trinajstić information content (AvgIpc) is 2.94. The maximum Gasteiger partial charge on any atom is 0.118 e. The van der Waals surface area contributed by atoms with Crippen molar-refractivity contribution < 1.29 is 0 Å². The molecule has 1 radical (unpaired) electrons. The van der Waals surface area contributed by atoms with Gasteiger partial charge in [0.05, 0.1) is 16.7 Å². The minimum Gasteiger partial charge on any atom is -0.361 e. The summed E-state index contributed by atoms with van der Waals surface area (Å²) in [6, 6.07) is 16.1. The third-order valence-corrected chi connectivity index (χ3v) is 3.22. The molecule has 4 rings (SSSR count). The molecule has 0 unspecified atom stereocenters. The summed E-state index contributed by atoms with van der Waals surface area (Å²) in [5.74, 6) is 0. The van der Waals surface area contributed by atoms with Crippen molar-refractivity contribution in [1.82, 2.24) is 15.0 Å². The molecule has 0 saturated carbocycles. The number of nitrogens with zero attached hydrogens (tertiary/aromatic N) is 2. The van der Waals surface area contributed by atoms with Gasteiger partial charge in [-0.2, -0.15) is 0 Å². The van der Waals surface area contributed by atoms with Gasteiger partial charge in [-0.15, -0.1) is 0 Å². The third kappa shape index (κ3) is 1.67. The Morgan fingerprint density at radius 1 is 0.947 bits per heavy atom. The number of H-pyrrole nitrogens is 1. The number of aromatic amines is 1. The molecule has 0 aliphatic rings. The monoisotopic (exact) mass is 244 g/mol. The first kappa shape index (κ1) is 10.3. The second-order valence-corrected chi connectivity index (χ2v) is 4.45. The van der Waals surface area contributed by atoms with Crippen LogP contribution in [0.1, 0.15) is 0 Å². The summed E-state index contributed by atoms with van der Waals surface area (Å²) in [5, 5.41) is 1.17. The first-order valence-electron chi connectivity index (χ1n) is 6.12. The van der Waals surface area contributed by atoms with Crippen molar-refractivity contribution >= 4 is 21.9 Å². The van der Waals surface area contributed by atoms with Gasteiger partial charge in [0.25, 0.3) is 0 Å². The number of para-hydroxylation sites is 2. The van der Waals surface area contributed by atoms with Crippen LogP contribution in [0.4, 0.5) is 0 Å². The molecule has 0 bridgehead atoms. The Morgan fingerprint density at radius 2 is 1.84 bits per heavy atom. The maximum absolute atomic E-state index is 4.61. The van der Waals surface area contributed by atoms with Crippen molar-refractivity contribution in [3.05, 3.63) is 60.9 Å². The molecule has 19 heavy (non-hydrogen) atoms. The summed E-state index contributed by atoms with van der Waals surface area (Å²) >= 11 is 0. The predicted octanol–water partition coefficient (Wildman–Crippen LogP) is 3.58. The van der Waals surface area contributed by atoms with E-state index in [0.717, 1.165) is 27.8 Å². The van der Waals surface area contributed by atoms with Crippen molar-refractivity contribution in [1.29, 1.82) is 0 Å². The maximum atomic E-state index is 4.61. The zero-order chi connectivity index (χ0) is 12.7. The van der Waals surface area contributed by atoms with Crippen LogP contribution in [0.2, 0.25) is 0 Å². The SMILES string of the molecule is [c]1nc2ccccc2nc1-c1ccc2[nH]ccc2c1. The van der Waals surface area contributed by atoms with Gasteiger partial charge >= 0.3 is 0 Å². The quantitative estimate of drug-likeness (QED) is 0.556. The molecule has 0 aliphatic heterocycles. The van der Waals surface area contributed by atoms with Gasteiger partial charge in [-0.05, 0) is 30.3 Å². The molecular formula is C16H10N3. The minimum atomic E-state index is 0.779. The predicted molar refractivity (Wildman–Crippen MR) is 75.7 cm³/mol. The van der Waals surface area contributed by atoms with Gasteiger partial charge < -0.3 is 4.98 Å². The smallest absolute Gasteiger partial charge is 0.118 e. The van der Waals surface area contributed by atoms with Crippen molar-refractivity contribution in [3.8, 4) is 11.3 Å². The Hall–Kier alpha value is -2.68. The van der Waals surface area contributed by atoms with Crippen LogP contribution in [0.3, 0.4) is 0 Å². The van der Waals surface area contributed by atoms with Gasteiger partial charge in [0.15, 0.2) is 0 Å². The topological polar surface area (TPSA) is 41.6 Å². The summed E-state index contributed by atoms with van der Waals surface area (Å²) < 4.78 is 0. The summed E-state index contributed by atoms with van der Waals surface area (Å²) in [7, 11) is 0. The lowest BCUT2D eigenvalue weighted by atomic mass is 10.1. The van der Waals surface area contributed by atoms with Crippen LogP contribution in [0.15, 0.2) is 54.7 Å². The van der Waals surface area contributed by atoms with Gasteiger partial charge in [0.2, 0.25) is 0 Å². The highest BCUT2D eigenvalue weighted by molar-refractivity contribution is 5.85. The number of hydrogen-bond acceptors (Lipinski definition) is 2. The van der Waals surface area contributed by atoms with Gasteiger partial charge in [-0.25, -0.2) is 9.97 Å². The average molecular weight is 244 g/mol. The van der Waals surface area contributed by atoms with Crippen molar-refractivity contribution in [2.75, 3.05) is 0 Å². The number of nitrogens with one attached hydrogen (secondary N) is 1. The molecule has 0 atom stereocenters. The molecule has 0 saturated heterocycles. The second kappa shape index (κ2) is 3.92. The number of hydrogen-bond donors (Lipinski definition) is 1. The van der Waals surface area contributed by atoms with E-state index < -0.39 is 0 Å². The number of fused-ring (bicyclic) bond motifs is 2. The molecule has 1 N–H and O–H groups in total. The highest BCUT2D eigenvalue weighted by Gasteiger charge is 2.04. The third-order valence-electron chi connectivity index (χ3n) is 3.22. The Kier molecular flexibility index (Phi) is 2.12. The highest BCUT2D eigenvalue weighted by Crippen LogP contribution is 2.23. The van der Waals surface area contributed by atoms with Gasteiger partial charge in [-0.1, -0.05) is 18.2 Å². The van der Waals surface area contributed by atoms with E-state index in [1.54, 1.807) is 0 Å². The van der Waals surface area contributed by atoms with E-state index in [9.17, 15) is 0 Å². The summed E-state index contributed by atoms with van der Waals surface area (Å²) in [6.07, 6.45) is 4.95. The van der Waals surface area contributed by atoms with Crippen LogP contribution in [0.25, 0.3) is 33.2 Å². The lowest BCUT2D eigenvalue weighted by molar-refractivity contribution is 1.28. The zero-order valence-corrected chi connectivity index (χ0v) is 10.1. The molecule has 89 valence electrons. The zero-order valence-electron chi connectivity index (χ0n) is 10.1. The standard InChI is InChI=1S/C16H10N3/c1-2-4-15-14(3-1)18-10-16(19-15)11-5-6-13-12(9-11)7-8-17-13/h1-9,17H. The molecule has 0 amide bonds. The van der Waals surface area contributed by atoms with Crippen LogP contribution in [-0.4, -0.2) is 15.0 Å². The summed E-state index contributed by atoms with van der Waals surface area (Å²) in [4.78, 5) is 12.1. The molecule has 4 aromatic rings. The van der Waals surface area contributed by atoms with E-state index in [1.165, 1.54) is 5.39 Å². The number of benzene rings is 2. The normalized spacial score (nSPS) is 11.2. The van der Waals surface area contributed by atoms with E-state index in [-0.39, 0.29) is 0 Å². The Labute approximate surface area is 110 Å². The van der Waals surface area contributed by atoms with Gasteiger partial charge in [0.1, 0.15) is 6.20 Å². The van der Waals surface area contributed by atoms with Crippen LogP contribution in [0.5, 0.6) is 0 Å². The number of rotatable bonds is 1. The fourth-order valence-corrected chi connectivity index (χ4v) is 2.24. The van der Waals surface area contributed by atoms with E-state index in [0.29, 0.717) is 0 Å². The Bertz CT molecular complexity index is 877. The second-order valence-electron chi connectivity index (χ2n) is 4.45. The van der Waals surface area contributed by atoms with Crippen LogP contribution >= 0.6 is 0 Å². The number of aromatic nitrogens is 3. The van der Waals surface area contributed by atoms with E-state index in [2.05, 4.69) is 33.3 Å². The van der Waals surface area contributed by atoms with Crippen LogP contribution in [-0.2, 0) is 0 Å². The van der Waals surface area contributed by atoms with Crippen LogP contribution < -0.4 is 0 Å². The molecule has 2 heterocycles. The molecule has 0 aliphatic carbocycles. The largest absolute Gasteiger partial charge is 0.361 e. The minimum absolute atomic E-state index is 0.779. The molecular weight excluding hydrogens is 234 g/mol. The summed E-state index contributed by atoms with van der Waals surface area (Å²) in [6.45, 7) is 0. The van der Waals surface area contributed by atoms with Gasteiger partial charge in [-0.3, -0.25) is 0 Å². The van der Waals surface area contributed by atoms with Gasteiger partial charge in [0, 0.05) is 22.7 Å². The lowest BCUT2D eigenvalue weighted by Crippen LogP contribution is -1.88. The molecule has 0 fully saturated rings. The Balaban J connectivity index is 1.92. The first-order valence-corrected chi connectivity index (χ1v) is 6.12. The van der Waals surface area contributed by atoms with Crippen molar-refractivity contribution in [3.63, 3.8) is 0 Å². The first-order chi connectivity index (χ1) is 9.40. The van der Waals surface area contributed by atoms with Crippen LogP contribution in [0, 0.1) is 6.20 Å². The van der Waals surface area contributed by atoms with E-state index >= 15 is 0 Å². The molecule has 2 aromatic carbocycles. The fourth-order valence-electron chi connectivity index (χ4n) is 2.24. The molecule has 0 spiro atoms. The van der Waals surface area contributed by atoms with E-state index in [4.69, 9.17) is 0 Å². The Morgan fingerprint density at radius 3 is 2.79 bits per heavy atom. The van der Waals surface area contributed by atoms with E-state index in [1.807, 2.05) is 42.6 Å². The molecule has 2 aromatic heterocycles. The molecule has 3 nitrogen and oxygen atoms in total. The molecule has 3 heteroatoms.